The quantitative estimate of drug-likeness (QED) is 0.387. The van der Waals surface area contributed by atoms with Crippen molar-refractivity contribution in [3.05, 3.63) is 35.6 Å². The molecule has 104 valence electrons. The SMILES string of the molecule is CB(O)N1CCC(C#CC(=O)c2ccc(F)cc2)CC1. The van der Waals surface area contributed by atoms with E-state index in [1.807, 2.05) is 4.81 Å². The smallest absolute Gasteiger partial charge is 0.376 e. The molecular formula is C15H17BFNO2. The van der Waals surface area contributed by atoms with Gasteiger partial charge >= 0.3 is 7.05 Å². The average molecular weight is 273 g/mol. The molecule has 1 heterocycles. The lowest BCUT2D eigenvalue weighted by Gasteiger charge is -2.30. The van der Waals surface area contributed by atoms with Crippen LogP contribution in [0, 0.1) is 23.6 Å². The zero-order chi connectivity index (χ0) is 14.5. The van der Waals surface area contributed by atoms with Gasteiger partial charge in [-0.2, -0.15) is 0 Å². The van der Waals surface area contributed by atoms with Crippen molar-refractivity contribution < 1.29 is 14.2 Å². The minimum Gasteiger partial charge on any atom is -0.437 e. The summed E-state index contributed by atoms with van der Waals surface area (Å²) in [7, 11) is -0.426. The van der Waals surface area contributed by atoms with Crippen LogP contribution in [0.1, 0.15) is 23.2 Å². The Morgan fingerprint density at radius 1 is 1.35 bits per heavy atom. The molecular weight excluding hydrogens is 256 g/mol. The van der Waals surface area contributed by atoms with Gasteiger partial charge in [-0.1, -0.05) is 5.92 Å². The van der Waals surface area contributed by atoms with Crippen molar-refractivity contribution in [2.24, 2.45) is 5.92 Å². The Morgan fingerprint density at radius 2 is 1.95 bits per heavy atom. The molecule has 1 fully saturated rings. The first-order valence-corrected chi connectivity index (χ1v) is 6.80. The summed E-state index contributed by atoms with van der Waals surface area (Å²) >= 11 is 0. The summed E-state index contributed by atoms with van der Waals surface area (Å²) in [6.07, 6.45) is 1.71. The van der Waals surface area contributed by atoms with Crippen molar-refractivity contribution in [1.29, 1.82) is 0 Å². The van der Waals surface area contributed by atoms with Crippen LogP contribution in [0.2, 0.25) is 6.82 Å². The van der Waals surface area contributed by atoms with Crippen molar-refractivity contribution in [3.63, 3.8) is 0 Å². The zero-order valence-electron chi connectivity index (χ0n) is 11.5. The Morgan fingerprint density at radius 3 is 2.50 bits per heavy atom. The molecule has 1 aromatic carbocycles. The first-order chi connectivity index (χ1) is 9.56. The molecule has 0 unspecified atom stereocenters. The van der Waals surface area contributed by atoms with Gasteiger partial charge in [-0.25, -0.2) is 4.39 Å². The van der Waals surface area contributed by atoms with Crippen LogP contribution in [0.15, 0.2) is 24.3 Å². The summed E-state index contributed by atoms with van der Waals surface area (Å²) in [4.78, 5) is 13.8. The molecule has 0 amide bonds. The summed E-state index contributed by atoms with van der Waals surface area (Å²) in [5.41, 5.74) is 0.417. The van der Waals surface area contributed by atoms with Crippen LogP contribution in [0.5, 0.6) is 0 Å². The molecule has 0 aliphatic carbocycles. The molecule has 2 rings (SSSR count). The number of hydrogen-bond donors (Lipinski definition) is 1. The van der Waals surface area contributed by atoms with Crippen molar-refractivity contribution >= 4 is 12.8 Å². The molecule has 0 radical (unpaired) electrons. The highest BCUT2D eigenvalue weighted by molar-refractivity contribution is 6.45. The molecule has 0 saturated carbocycles. The van der Waals surface area contributed by atoms with Crippen molar-refractivity contribution in [1.82, 2.24) is 4.81 Å². The third kappa shape index (κ3) is 3.93. The molecule has 1 aromatic rings. The highest BCUT2D eigenvalue weighted by atomic mass is 19.1. The van der Waals surface area contributed by atoms with Gasteiger partial charge in [-0.05, 0) is 62.9 Å². The molecule has 0 aromatic heterocycles. The first-order valence-electron chi connectivity index (χ1n) is 6.80. The minimum absolute atomic E-state index is 0.189. The normalized spacial score (nSPS) is 16.4. The van der Waals surface area contributed by atoms with Crippen LogP contribution in [0.25, 0.3) is 0 Å². The van der Waals surface area contributed by atoms with Gasteiger partial charge in [0.1, 0.15) is 5.82 Å². The van der Waals surface area contributed by atoms with Crippen LogP contribution in [-0.2, 0) is 0 Å². The number of piperidine rings is 1. The second-order valence-corrected chi connectivity index (χ2v) is 5.05. The van der Waals surface area contributed by atoms with E-state index >= 15 is 0 Å². The Bertz CT molecular complexity index is 525. The Hall–Kier alpha value is -1.64. The fourth-order valence-corrected chi connectivity index (χ4v) is 2.26. The summed E-state index contributed by atoms with van der Waals surface area (Å²) in [6.45, 7) is 3.34. The van der Waals surface area contributed by atoms with Crippen molar-refractivity contribution in [3.8, 4) is 11.8 Å². The number of carbonyl (C=O) groups excluding carboxylic acids is 1. The number of ketones is 1. The van der Waals surface area contributed by atoms with E-state index in [0.717, 1.165) is 25.9 Å². The molecule has 5 heteroatoms. The highest BCUT2D eigenvalue weighted by Gasteiger charge is 2.22. The first kappa shape index (κ1) is 14.8. The third-order valence-corrected chi connectivity index (χ3v) is 3.55. The van der Waals surface area contributed by atoms with E-state index < -0.39 is 7.05 Å². The van der Waals surface area contributed by atoms with E-state index in [1.165, 1.54) is 24.3 Å². The van der Waals surface area contributed by atoms with Gasteiger partial charge in [0, 0.05) is 11.5 Å². The summed E-state index contributed by atoms with van der Waals surface area (Å²) in [5, 5.41) is 9.46. The average Bonchev–Trinajstić information content (AvgIpc) is 2.46. The fraction of sp³-hybridized carbons (Fsp3) is 0.400. The standard InChI is InChI=1S/C15H17BFNO2/c1-16(20)18-10-8-12(9-11-18)2-7-15(19)13-3-5-14(17)6-4-13/h3-6,12,20H,8-11H2,1H3. The molecule has 20 heavy (non-hydrogen) atoms. The maximum atomic E-state index is 12.8. The van der Waals surface area contributed by atoms with Crippen LogP contribution in [0.4, 0.5) is 4.39 Å². The lowest BCUT2D eigenvalue weighted by molar-refractivity contribution is 0.105. The second-order valence-electron chi connectivity index (χ2n) is 5.05. The molecule has 1 aliphatic heterocycles. The molecule has 1 N–H and O–H groups in total. The van der Waals surface area contributed by atoms with Gasteiger partial charge in [0.2, 0.25) is 5.78 Å². The van der Waals surface area contributed by atoms with E-state index in [0.29, 0.717) is 5.56 Å². The zero-order valence-corrected chi connectivity index (χ0v) is 11.5. The number of halogens is 1. The fourth-order valence-electron chi connectivity index (χ4n) is 2.26. The van der Waals surface area contributed by atoms with Crippen molar-refractivity contribution in [2.75, 3.05) is 13.1 Å². The van der Waals surface area contributed by atoms with E-state index in [4.69, 9.17) is 0 Å². The highest BCUT2D eigenvalue weighted by Crippen LogP contribution is 2.16. The van der Waals surface area contributed by atoms with Gasteiger partial charge in [-0.3, -0.25) is 4.79 Å². The lowest BCUT2D eigenvalue weighted by Crippen LogP contribution is -2.42. The number of rotatable bonds is 2. The molecule has 0 atom stereocenters. The van der Waals surface area contributed by atoms with Gasteiger partial charge in [0.25, 0.3) is 0 Å². The predicted octanol–water partition coefficient (Wildman–Crippen LogP) is 1.83. The lowest BCUT2D eigenvalue weighted by atomic mass is 9.81. The van der Waals surface area contributed by atoms with Crippen LogP contribution in [-0.4, -0.2) is 35.8 Å². The van der Waals surface area contributed by atoms with E-state index in [-0.39, 0.29) is 17.5 Å². The van der Waals surface area contributed by atoms with Crippen LogP contribution >= 0.6 is 0 Å². The minimum atomic E-state index is -0.426. The Kier molecular flexibility index (Phi) is 4.94. The second kappa shape index (κ2) is 6.69. The number of benzene rings is 1. The number of carbonyl (C=O) groups is 1. The topological polar surface area (TPSA) is 40.5 Å². The molecule has 1 saturated heterocycles. The van der Waals surface area contributed by atoms with Gasteiger partial charge in [-0.15, -0.1) is 0 Å². The van der Waals surface area contributed by atoms with Crippen LogP contribution < -0.4 is 0 Å². The number of nitrogens with zero attached hydrogens (tertiary/aromatic N) is 1. The summed E-state index contributed by atoms with van der Waals surface area (Å²) < 4.78 is 12.8. The third-order valence-electron chi connectivity index (χ3n) is 3.55. The molecule has 1 aliphatic rings. The Balaban J connectivity index is 1.91. The van der Waals surface area contributed by atoms with E-state index in [9.17, 15) is 14.2 Å². The van der Waals surface area contributed by atoms with E-state index in [2.05, 4.69) is 11.8 Å². The van der Waals surface area contributed by atoms with E-state index in [1.54, 1.807) is 6.82 Å². The van der Waals surface area contributed by atoms with Gasteiger partial charge in [0.15, 0.2) is 0 Å². The maximum Gasteiger partial charge on any atom is 0.376 e. The van der Waals surface area contributed by atoms with Gasteiger partial charge in [0.05, 0.1) is 0 Å². The maximum absolute atomic E-state index is 12.8. The summed E-state index contributed by atoms with van der Waals surface area (Å²) in [6, 6.07) is 5.41. The number of hydrogen-bond acceptors (Lipinski definition) is 3. The van der Waals surface area contributed by atoms with Crippen molar-refractivity contribution in [2.45, 2.75) is 19.7 Å². The Labute approximate surface area is 118 Å². The monoisotopic (exact) mass is 273 g/mol. The molecule has 3 nitrogen and oxygen atoms in total. The predicted molar refractivity (Wildman–Crippen MR) is 76.6 cm³/mol. The van der Waals surface area contributed by atoms with Gasteiger partial charge < -0.3 is 9.83 Å². The molecule has 0 bridgehead atoms. The molecule has 0 spiro atoms. The summed E-state index contributed by atoms with van der Waals surface area (Å²) in [5.74, 6) is 5.19. The van der Waals surface area contributed by atoms with Crippen LogP contribution in [0.3, 0.4) is 0 Å². The largest absolute Gasteiger partial charge is 0.437 e. The number of Topliss-reactive ketones (excluding diaryl/α,β-unsaturated/α-hetero) is 1.